The van der Waals surface area contributed by atoms with Crippen molar-refractivity contribution in [2.45, 2.75) is 69.3 Å². The molecule has 0 unspecified atom stereocenters. The molecule has 4 heterocycles. The molecule has 1 saturated carbocycles. The molecule has 5 rings (SSSR count). The summed E-state index contributed by atoms with van der Waals surface area (Å²) in [5.74, 6) is -3.78. The second-order valence-corrected chi connectivity index (χ2v) is 10.6. The molecule has 3 aromatic rings. The lowest BCUT2D eigenvalue weighted by Crippen LogP contribution is -2.40. The lowest BCUT2D eigenvalue weighted by molar-refractivity contribution is -0.150. The fourth-order valence-electron chi connectivity index (χ4n) is 5.46. The van der Waals surface area contributed by atoms with Crippen LogP contribution in [-0.2, 0) is 4.74 Å². The van der Waals surface area contributed by atoms with Crippen molar-refractivity contribution in [1.29, 1.82) is 0 Å². The third-order valence-electron chi connectivity index (χ3n) is 7.76. The number of urea groups is 1. The number of carbonyl (C=O) groups excluding carboxylic acids is 2. The quantitative estimate of drug-likeness (QED) is 0.354. The third-order valence-corrected chi connectivity index (χ3v) is 7.76. The number of methoxy groups -OCH3 is 1. The van der Waals surface area contributed by atoms with Crippen LogP contribution in [0.15, 0.2) is 23.1 Å². The van der Waals surface area contributed by atoms with Crippen LogP contribution in [0.3, 0.4) is 0 Å². The van der Waals surface area contributed by atoms with Gasteiger partial charge in [-0.2, -0.15) is 18.3 Å². The molecular formula is C25H29F5N8O4. The van der Waals surface area contributed by atoms with Crippen molar-refractivity contribution in [2.24, 2.45) is 5.92 Å². The molecule has 3 amide bonds. The van der Waals surface area contributed by atoms with E-state index in [-0.39, 0.29) is 61.7 Å². The van der Waals surface area contributed by atoms with E-state index in [1.807, 2.05) is 5.32 Å². The zero-order valence-corrected chi connectivity index (χ0v) is 22.7. The molecule has 0 radical (unpaired) electrons. The van der Waals surface area contributed by atoms with Crippen molar-refractivity contribution in [1.82, 2.24) is 40.4 Å². The highest BCUT2D eigenvalue weighted by molar-refractivity contribution is 5.93. The summed E-state index contributed by atoms with van der Waals surface area (Å²) in [6.07, 6.45) is -1.87. The van der Waals surface area contributed by atoms with Crippen LogP contribution in [0, 0.1) is 12.8 Å². The number of nitrogens with one attached hydrogen (secondary N) is 2. The summed E-state index contributed by atoms with van der Waals surface area (Å²) >= 11 is 0. The van der Waals surface area contributed by atoms with Crippen LogP contribution in [0.5, 0.6) is 0 Å². The van der Waals surface area contributed by atoms with Crippen LogP contribution in [0.2, 0.25) is 0 Å². The van der Waals surface area contributed by atoms with Crippen molar-refractivity contribution < 1.29 is 40.9 Å². The normalized spacial score (nSPS) is 21.0. The maximum atomic E-state index is 14.0. The molecule has 228 valence electrons. The van der Waals surface area contributed by atoms with E-state index in [2.05, 4.69) is 30.3 Å². The van der Waals surface area contributed by atoms with Crippen molar-refractivity contribution in [3.8, 4) is 0 Å². The van der Waals surface area contributed by atoms with E-state index in [9.17, 15) is 31.5 Å². The summed E-state index contributed by atoms with van der Waals surface area (Å²) in [6, 6.07) is -2.87. The molecule has 3 atom stereocenters. The Balaban J connectivity index is 1.45. The predicted octanol–water partition coefficient (Wildman–Crippen LogP) is 3.75. The van der Waals surface area contributed by atoms with E-state index < -0.39 is 48.7 Å². The molecule has 17 heteroatoms. The van der Waals surface area contributed by atoms with Gasteiger partial charge in [0.05, 0.1) is 36.7 Å². The van der Waals surface area contributed by atoms with E-state index in [0.29, 0.717) is 11.3 Å². The van der Waals surface area contributed by atoms with Gasteiger partial charge in [-0.25, -0.2) is 27.7 Å². The highest BCUT2D eigenvalue weighted by Gasteiger charge is 2.48. The molecule has 42 heavy (non-hydrogen) atoms. The van der Waals surface area contributed by atoms with Gasteiger partial charge in [0, 0.05) is 26.6 Å². The van der Waals surface area contributed by atoms with Gasteiger partial charge in [-0.1, -0.05) is 5.16 Å². The van der Waals surface area contributed by atoms with Crippen LogP contribution in [0.25, 0.3) is 5.65 Å². The summed E-state index contributed by atoms with van der Waals surface area (Å²) in [6.45, 7) is 1.11. The number of ether oxygens (including phenoxy) is 1. The topological polar surface area (TPSA) is 140 Å². The molecule has 1 aliphatic carbocycles. The first kappa shape index (κ1) is 29.6. The maximum Gasteiger partial charge on any atom is 0.410 e. The van der Waals surface area contributed by atoms with Gasteiger partial charge < -0.3 is 20.3 Å². The molecule has 0 bridgehead atoms. The number of nitrogens with zero attached hydrogens (tertiary/aromatic N) is 6. The zero-order valence-electron chi connectivity index (χ0n) is 22.7. The van der Waals surface area contributed by atoms with Gasteiger partial charge in [-0.15, -0.1) is 0 Å². The Morgan fingerprint density at radius 2 is 2.02 bits per heavy atom. The van der Waals surface area contributed by atoms with Gasteiger partial charge >= 0.3 is 12.2 Å². The van der Waals surface area contributed by atoms with Crippen molar-refractivity contribution in [3.05, 3.63) is 41.1 Å². The molecule has 12 nitrogen and oxygen atoms in total. The number of halogens is 5. The first-order chi connectivity index (χ1) is 19.9. The molecule has 2 N–H and O–H groups in total. The van der Waals surface area contributed by atoms with Crippen LogP contribution >= 0.6 is 0 Å². The average Bonchev–Trinajstić information content (AvgIpc) is 3.65. The smallest absolute Gasteiger partial charge is 0.385 e. The van der Waals surface area contributed by atoms with E-state index >= 15 is 0 Å². The second-order valence-electron chi connectivity index (χ2n) is 10.6. The number of hydrogen-bond acceptors (Lipinski definition) is 8. The van der Waals surface area contributed by atoms with E-state index in [0.717, 1.165) is 4.90 Å². The third kappa shape index (κ3) is 6.15. The van der Waals surface area contributed by atoms with Crippen LogP contribution in [-0.4, -0.2) is 80.2 Å². The predicted molar refractivity (Wildman–Crippen MR) is 133 cm³/mol. The Labute approximate surface area is 235 Å². The molecule has 3 aromatic heterocycles. The number of alkyl halides is 5. The minimum Gasteiger partial charge on any atom is -0.385 e. The minimum absolute atomic E-state index is 0.0487. The lowest BCUT2D eigenvalue weighted by atomic mass is 9.81. The summed E-state index contributed by atoms with van der Waals surface area (Å²) in [5, 5.41) is 16.4. The number of hydrogen-bond donors (Lipinski definition) is 2. The second kappa shape index (κ2) is 11.4. The fraction of sp³-hybridized carbons (Fsp3) is 0.600. The number of carbonyl (C=O) groups is 2. The van der Waals surface area contributed by atoms with Crippen molar-refractivity contribution >= 4 is 17.6 Å². The molecule has 1 saturated heterocycles. The Hall–Kier alpha value is -3.89. The SMILES string of the molecule is COCC[C@H](c1cnn2cc([C@@H](NC(=O)c3nonc3C)C3CCC(F)(F)CC3)nc2c1)N1C[C@@H](C(F)(F)F)NC1=O. The summed E-state index contributed by atoms with van der Waals surface area (Å²) in [7, 11) is 1.44. The molecule has 2 fully saturated rings. The standard InChI is InChI=1S/C25H29F5N8O4/c1-13-20(36-42-35-13)22(39)34-21(14-3-6-24(26,27)7-4-14)16-11-38-19(32-16)9-15(10-31-38)17(5-8-41-2)37-12-18(25(28,29)30)33-23(37)40/h9-11,14,17-18,21H,3-8,12H2,1-2H3,(H,33,40)(H,34,39)/t17-,18+,21+/m1/s1. The van der Waals surface area contributed by atoms with Crippen molar-refractivity contribution in [2.75, 3.05) is 20.3 Å². The van der Waals surface area contributed by atoms with Gasteiger partial charge in [-0.3, -0.25) is 4.79 Å². The molecular weight excluding hydrogens is 571 g/mol. The van der Waals surface area contributed by atoms with Crippen LogP contribution in [0.1, 0.15) is 71.6 Å². The van der Waals surface area contributed by atoms with Crippen molar-refractivity contribution in [3.63, 3.8) is 0 Å². The molecule has 0 spiro atoms. The average molecular weight is 601 g/mol. The van der Waals surface area contributed by atoms with Gasteiger partial charge in [-0.05, 0) is 48.9 Å². The summed E-state index contributed by atoms with van der Waals surface area (Å²) < 4.78 is 79.1. The molecule has 1 aliphatic heterocycles. The fourth-order valence-corrected chi connectivity index (χ4v) is 5.46. The van der Waals surface area contributed by atoms with E-state index in [1.54, 1.807) is 12.3 Å². The molecule has 0 aromatic carbocycles. The number of rotatable bonds is 9. The van der Waals surface area contributed by atoms with Gasteiger partial charge in [0.25, 0.3) is 5.91 Å². The van der Waals surface area contributed by atoms with Gasteiger partial charge in [0.2, 0.25) is 5.92 Å². The van der Waals surface area contributed by atoms with Crippen LogP contribution in [0.4, 0.5) is 26.7 Å². The number of fused-ring (bicyclic) bond motifs is 1. The number of aromatic nitrogens is 5. The highest BCUT2D eigenvalue weighted by Crippen LogP contribution is 2.41. The molecule has 2 aliphatic rings. The van der Waals surface area contributed by atoms with Crippen LogP contribution < -0.4 is 10.6 Å². The maximum absolute atomic E-state index is 14.0. The summed E-state index contributed by atoms with van der Waals surface area (Å²) in [4.78, 5) is 31.2. The first-order valence-corrected chi connectivity index (χ1v) is 13.3. The first-order valence-electron chi connectivity index (χ1n) is 13.3. The van der Waals surface area contributed by atoms with Gasteiger partial charge in [0.15, 0.2) is 11.3 Å². The minimum atomic E-state index is -4.61. The Morgan fingerprint density at radius 1 is 1.29 bits per heavy atom. The Bertz CT molecular complexity index is 1430. The monoisotopic (exact) mass is 600 g/mol. The highest BCUT2D eigenvalue weighted by atomic mass is 19.4. The zero-order chi connectivity index (χ0) is 30.2. The Kier molecular flexibility index (Phi) is 8.04. The number of amides is 3. The lowest BCUT2D eigenvalue weighted by Gasteiger charge is -2.33. The Morgan fingerprint density at radius 3 is 2.64 bits per heavy atom. The largest absolute Gasteiger partial charge is 0.410 e. The van der Waals surface area contributed by atoms with E-state index in [4.69, 9.17) is 4.74 Å². The van der Waals surface area contributed by atoms with E-state index in [1.165, 1.54) is 24.7 Å². The number of aryl methyl sites for hydroxylation is 1. The number of imidazole rings is 1. The van der Waals surface area contributed by atoms with Gasteiger partial charge in [0.1, 0.15) is 11.7 Å². The summed E-state index contributed by atoms with van der Waals surface area (Å²) in [5.41, 5.74) is 1.27.